The third-order valence-electron chi connectivity index (χ3n) is 7.91. The lowest BCUT2D eigenvalue weighted by Crippen LogP contribution is -2.54. The van der Waals surface area contributed by atoms with Crippen LogP contribution in [0.1, 0.15) is 58.8 Å². The molecule has 0 spiro atoms. The normalized spacial score (nSPS) is 55.8. The molecule has 0 aliphatic heterocycles. The number of ketones is 1. The molecule has 4 aliphatic carbocycles. The van der Waals surface area contributed by atoms with Crippen molar-refractivity contribution in [3.63, 3.8) is 0 Å². The quantitative estimate of drug-likeness (QED) is 0.737. The van der Waals surface area contributed by atoms with Crippen molar-refractivity contribution in [3.8, 4) is 0 Å². The number of aliphatic hydroxyl groups excluding tert-OH is 1. The molecule has 21 heavy (non-hydrogen) atoms. The van der Waals surface area contributed by atoms with Crippen molar-refractivity contribution in [3.05, 3.63) is 12.2 Å². The van der Waals surface area contributed by atoms with E-state index in [0.29, 0.717) is 29.0 Å². The van der Waals surface area contributed by atoms with Crippen molar-refractivity contribution in [2.45, 2.75) is 64.9 Å². The van der Waals surface area contributed by atoms with E-state index in [1.807, 2.05) is 6.08 Å². The maximum Gasteiger partial charge on any atom is 0.161 e. The van der Waals surface area contributed by atoms with Crippen LogP contribution in [0.2, 0.25) is 0 Å². The summed E-state index contributed by atoms with van der Waals surface area (Å²) in [5, 5.41) is 10.0. The predicted molar refractivity (Wildman–Crippen MR) is 82.6 cm³/mol. The minimum absolute atomic E-state index is 0.0681. The number of carbonyl (C=O) groups is 1. The summed E-state index contributed by atoms with van der Waals surface area (Å²) < 4.78 is 0. The van der Waals surface area contributed by atoms with Crippen molar-refractivity contribution in [2.24, 2.45) is 34.5 Å². The van der Waals surface area contributed by atoms with E-state index in [-0.39, 0.29) is 11.5 Å². The van der Waals surface area contributed by atoms with E-state index in [4.69, 9.17) is 0 Å². The fraction of sp³-hybridized carbons (Fsp3) is 0.842. The molecule has 2 heteroatoms. The van der Waals surface area contributed by atoms with E-state index in [1.165, 1.54) is 25.7 Å². The van der Waals surface area contributed by atoms with Gasteiger partial charge in [-0.25, -0.2) is 0 Å². The predicted octanol–water partition coefficient (Wildman–Crippen LogP) is 3.74. The van der Waals surface area contributed by atoms with Crippen LogP contribution < -0.4 is 0 Å². The van der Waals surface area contributed by atoms with Crippen molar-refractivity contribution in [2.75, 3.05) is 0 Å². The number of hydrogen-bond donors (Lipinski definition) is 1. The number of fused-ring (bicyclic) bond motifs is 5. The van der Waals surface area contributed by atoms with Gasteiger partial charge in [0.15, 0.2) is 5.78 Å². The Kier molecular flexibility index (Phi) is 2.96. The molecule has 0 aromatic rings. The molecule has 116 valence electrons. The second kappa shape index (κ2) is 4.44. The first kappa shape index (κ1) is 14.0. The molecule has 2 nitrogen and oxygen atoms in total. The molecular weight excluding hydrogens is 260 g/mol. The molecule has 3 unspecified atom stereocenters. The fourth-order valence-corrected chi connectivity index (χ4v) is 6.51. The van der Waals surface area contributed by atoms with Gasteiger partial charge in [-0.3, -0.25) is 4.79 Å². The molecule has 7 atom stereocenters. The van der Waals surface area contributed by atoms with Crippen molar-refractivity contribution >= 4 is 5.78 Å². The Labute approximate surface area is 128 Å². The summed E-state index contributed by atoms with van der Waals surface area (Å²) in [6.07, 6.45) is 12.0. The van der Waals surface area contributed by atoms with Crippen molar-refractivity contribution in [1.82, 2.24) is 0 Å². The van der Waals surface area contributed by atoms with E-state index in [1.54, 1.807) is 0 Å². The molecule has 0 bridgehead atoms. The number of allylic oxidation sites excluding steroid dienone is 2. The number of rotatable bonds is 0. The Morgan fingerprint density at radius 3 is 2.76 bits per heavy atom. The first-order valence-electron chi connectivity index (χ1n) is 8.86. The van der Waals surface area contributed by atoms with Crippen LogP contribution in [0.25, 0.3) is 0 Å². The van der Waals surface area contributed by atoms with Crippen LogP contribution in [0.5, 0.6) is 0 Å². The summed E-state index contributed by atoms with van der Waals surface area (Å²) in [5.41, 5.74) is 0.307. The zero-order valence-electron chi connectivity index (χ0n) is 13.3. The molecule has 0 amide bonds. The van der Waals surface area contributed by atoms with Gasteiger partial charge >= 0.3 is 0 Å². The van der Waals surface area contributed by atoms with Crippen LogP contribution >= 0.6 is 0 Å². The first-order valence-corrected chi connectivity index (χ1v) is 8.86. The maximum atomic E-state index is 12.3. The number of hydrogen-bond acceptors (Lipinski definition) is 2. The van der Waals surface area contributed by atoms with E-state index in [9.17, 15) is 9.90 Å². The van der Waals surface area contributed by atoms with Crippen molar-refractivity contribution in [1.29, 1.82) is 0 Å². The molecule has 0 aromatic heterocycles. The average molecular weight is 288 g/mol. The summed E-state index contributed by atoms with van der Waals surface area (Å²) in [7, 11) is 0. The Bertz CT molecular complexity index is 496. The first-order chi connectivity index (χ1) is 9.95. The van der Waals surface area contributed by atoms with Gasteiger partial charge in [0.1, 0.15) is 0 Å². The highest BCUT2D eigenvalue weighted by atomic mass is 16.3. The molecule has 0 aromatic carbocycles. The fourth-order valence-electron chi connectivity index (χ4n) is 6.51. The Morgan fingerprint density at radius 1 is 1.14 bits per heavy atom. The molecule has 4 rings (SSSR count). The summed E-state index contributed by atoms with van der Waals surface area (Å²) in [5.74, 6) is 3.01. The lowest BCUT2D eigenvalue weighted by molar-refractivity contribution is -0.139. The molecule has 0 heterocycles. The van der Waals surface area contributed by atoms with Gasteiger partial charge in [-0.05, 0) is 80.1 Å². The zero-order chi connectivity index (χ0) is 14.8. The smallest absolute Gasteiger partial charge is 0.161 e. The summed E-state index contributed by atoms with van der Waals surface area (Å²) in [6.45, 7) is 4.69. The van der Waals surface area contributed by atoms with Gasteiger partial charge in [-0.15, -0.1) is 0 Å². The monoisotopic (exact) mass is 288 g/mol. The maximum absolute atomic E-state index is 12.3. The lowest BCUT2D eigenvalue weighted by atomic mass is 9.45. The van der Waals surface area contributed by atoms with Crippen molar-refractivity contribution < 1.29 is 9.90 Å². The summed E-state index contributed by atoms with van der Waals surface area (Å²) in [4.78, 5) is 12.3. The molecule has 3 fully saturated rings. The highest BCUT2D eigenvalue weighted by Crippen LogP contribution is 2.64. The lowest BCUT2D eigenvalue weighted by Gasteiger charge is -2.59. The zero-order valence-corrected chi connectivity index (χ0v) is 13.3. The van der Waals surface area contributed by atoms with Crippen LogP contribution in [-0.2, 0) is 4.79 Å². The molecule has 1 N–H and O–H groups in total. The third kappa shape index (κ3) is 1.78. The second-order valence-electron chi connectivity index (χ2n) is 8.68. The Hall–Kier alpha value is -0.630. The number of carbonyl (C=O) groups excluding carboxylic acids is 1. The van der Waals surface area contributed by atoms with Gasteiger partial charge in [0.05, 0.1) is 6.10 Å². The van der Waals surface area contributed by atoms with Crippen LogP contribution in [-0.4, -0.2) is 17.0 Å². The summed E-state index contributed by atoms with van der Waals surface area (Å²) in [6, 6.07) is 0. The molecular formula is C19H28O2. The topological polar surface area (TPSA) is 37.3 Å². The summed E-state index contributed by atoms with van der Waals surface area (Å²) >= 11 is 0. The molecule has 4 aliphatic rings. The number of aliphatic hydroxyl groups is 1. The highest BCUT2D eigenvalue weighted by molar-refractivity contribution is 5.97. The van der Waals surface area contributed by atoms with Crippen LogP contribution in [0, 0.1) is 34.5 Å². The minimum atomic E-state index is -0.0987. The molecule has 3 saturated carbocycles. The standard InChI is InChI=1S/C19H28O2/c1-18-9-7-13(20)11-12(18)3-4-14-15-5-6-17(21)19(15,2)10-8-16(14)18/h5-6,12-16,20H,3-4,7-11H2,1-2H3/t12-,13-,14?,15?,16?,18-,19-/m0/s1. The van der Waals surface area contributed by atoms with E-state index in [2.05, 4.69) is 19.9 Å². The Morgan fingerprint density at radius 2 is 1.95 bits per heavy atom. The van der Waals surface area contributed by atoms with Crippen LogP contribution in [0.4, 0.5) is 0 Å². The largest absolute Gasteiger partial charge is 0.393 e. The van der Waals surface area contributed by atoms with Gasteiger partial charge in [0, 0.05) is 5.41 Å². The van der Waals surface area contributed by atoms with Crippen LogP contribution in [0.3, 0.4) is 0 Å². The van der Waals surface area contributed by atoms with Gasteiger partial charge in [-0.1, -0.05) is 19.9 Å². The highest BCUT2D eigenvalue weighted by Gasteiger charge is 2.58. The minimum Gasteiger partial charge on any atom is -0.393 e. The third-order valence-corrected chi connectivity index (χ3v) is 7.91. The van der Waals surface area contributed by atoms with E-state index in [0.717, 1.165) is 25.2 Å². The Balaban J connectivity index is 1.65. The molecule has 0 saturated heterocycles. The SMILES string of the molecule is C[C@]12CCC3C(CC[C@H]4C[C@@H](O)CC[C@]34C)C1C=CC2=O. The van der Waals surface area contributed by atoms with Gasteiger partial charge in [0.2, 0.25) is 0 Å². The van der Waals surface area contributed by atoms with Crippen LogP contribution in [0.15, 0.2) is 12.2 Å². The van der Waals surface area contributed by atoms with Gasteiger partial charge in [0.25, 0.3) is 0 Å². The van der Waals surface area contributed by atoms with E-state index < -0.39 is 0 Å². The van der Waals surface area contributed by atoms with E-state index >= 15 is 0 Å². The average Bonchev–Trinajstić information content (AvgIpc) is 2.76. The molecule has 0 radical (unpaired) electrons. The van der Waals surface area contributed by atoms with Gasteiger partial charge in [-0.2, -0.15) is 0 Å². The second-order valence-corrected chi connectivity index (χ2v) is 8.68. The van der Waals surface area contributed by atoms with Gasteiger partial charge < -0.3 is 5.11 Å².